The summed E-state index contributed by atoms with van der Waals surface area (Å²) in [7, 11) is 3.61. The molecule has 23 heavy (non-hydrogen) atoms. The van der Waals surface area contributed by atoms with Gasteiger partial charge in [0.15, 0.2) is 0 Å². The van der Waals surface area contributed by atoms with E-state index in [-0.39, 0.29) is 6.04 Å². The molecule has 1 N–H and O–H groups in total. The van der Waals surface area contributed by atoms with Crippen molar-refractivity contribution in [1.82, 2.24) is 29.9 Å². The molecule has 0 aromatic carbocycles. The van der Waals surface area contributed by atoms with E-state index in [1.54, 1.807) is 7.11 Å². The van der Waals surface area contributed by atoms with E-state index in [2.05, 4.69) is 46.0 Å². The van der Waals surface area contributed by atoms with Crippen molar-refractivity contribution in [3.8, 4) is 5.88 Å². The van der Waals surface area contributed by atoms with E-state index in [0.29, 0.717) is 12.5 Å². The fourth-order valence-electron chi connectivity index (χ4n) is 3.30. The Balaban J connectivity index is 1.77. The van der Waals surface area contributed by atoms with Gasteiger partial charge in [-0.3, -0.25) is 0 Å². The summed E-state index contributed by atoms with van der Waals surface area (Å²) in [5.74, 6) is 3.30. The van der Waals surface area contributed by atoms with Crippen LogP contribution in [-0.4, -0.2) is 31.7 Å². The molecular formula is C16H26N6O. The first-order valence-corrected chi connectivity index (χ1v) is 8.28. The van der Waals surface area contributed by atoms with Crippen LogP contribution in [-0.2, 0) is 26.6 Å². The van der Waals surface area contributed by atoms with Gasteiger partial charge in [0.25, 0.3) is 0 Å². The first kappa shape index (κ1) is 16.0. The lowest BCUT2D eigenvalue weighted by Crippen LogP contribution is -2.22. The number of methoxy groups -OCH3 is 1. The van der Waals surface area contributed by atoms with Crippen molar-refractivity contribution in [3.05, 3.63) is 22.9 Å². The number of fused-ring (bicyclic) bond motifs is 1. The van der Waals surface area contributed by atoms with Gasteiger partial charge >= 0.3 is 0 Å². The van der Waals surface area contributed by atoms with Gasteiger partial charge < -0.3 is 14.6 Å². The average Bonchev–Trinajstić information content (AvgIpc) is 3.17. The number of aryl methyl sites for hydroxylation is 2. The first-order chi connectivity index (χ1) is 11.0. The van der Waals surface area contributed by atoms with Crippen LogP contribution >= 0.6 is 0 Å². The Labute approximate surface area is 137 Å². The predicted octanol–water partition coefficient (Wildman–Crippen LogP) is 1.94. The zero-order valence-corrected chi connectivity index (χ0v) is 14.6. The minimum Gasteiger partial charge on any atom is -0.481 e. The lowest BCUT2D eigenvalue weighted by atomic mass is 10.1. The summed E-state index contributed by atoms with van der Waals surface area (Å²) < 4.78 is 9.58. The van der Waals surface area contributed by atoms with Crippen LogP contribution in [0, 0.1) is 0 Å². The quantitative estimate of drug-likeness (QED) is 0.881. The second-order valence-electron chi connectivity index (χ2n) is 6.48. The lowest BCUT2D eigenvalue weighted by molar-refractivity contribution is 0.366. The third kappa shape index (κ3) is 2.85. The number of nitrogens with one attached hydrogen (secondary N) is 1. The largest absolute Gasteiger partial charge is 0.481 e. The Morgan fingerprint density at radius 1 is 1.26 bits per heavy atom. The highest BCUT2D eigenvalue weighted by molar-refractivity contribution is 5.33. The van der Waals surface area contributed by atoms with Gasteiger partial charge in [0.1, 0.15) is 11.6 Å². The molecule has 0 bridgehead atoms. The smallest absolute Gasteiger partial charge is 0.216 e. The maximum atomic E-state index is 5.53. The molecule has 1 aliphatic heterocycles. The van der Waals surface area contributed by atoms with Gasteiger partial charge in [0.05, 0.1) is 24.4 Å². The van der Waals surface area contributed by atoms with Crippen molar-refractivity contribution < 1.29 is 4.74 Å². The summed E-state index contributed by atoms with van der Waals surface area (Å²) in [4.78, 5) is 0. The van der Waals surface area contributed by atoms with Gasteiger partial charge in [-0.2, -0.15) is 5.10 Å². The molecule has 0 unspecified atom stereocenters. The third-order valence-corrected chi connectivity index (χ3v) is 4.47. The summed E-state index contributed by atoms with van der Waals surface area (Å²) in [6, 6.07) is 0.138. The van der Waals surface area contributed by atoms with Crippen LogP contribution < -0.4 is 10.1 Å². The van der Waals surface area contributed by atoms with Crippen LogP contribution in [0.4, 0.5) is 0 Å². The van der Waals surface area contributed by atoms with Crippen LogP contribution in [0.15, 0.2) is 0 Å². The van der Waals surface area contributed by atoms with Gasteiger partial charge in [-0.25, -0.2) is 4.68 Å². The molecule has 2 aromatic heterocycles. The number of hydrogen-bond acceptors (Lipinski definition) is 5. The molecule has 7 nitrogen and oxygen atoms in total. The first-order valence-electron chi connectivity index (χ1n) is 8.28. The Kier molecular flexibility index (Phi) is 4.39. The highest BCUT2D eigenvalue weighted by Gasteiger charge is 2.23. The Morgan fingerprint density at radius 2 is 2.04 bits per heavy atom. The summed E-state index contributed by atoms with van der Waals surface area (Å²) in [5.41, 5.74) is 2.20. The van der Waals surface area contributed by atoms with Crippen LogP contribution in [0.5, 0.6) is 5.88 Å². The SMILES string of the molecule is COc1c(CN[C@H](C)c2nnc3n2CCC3)c(C(C)C)nn1C. The molecule has 1 atom stereocenters. The van der Waals surface area contributed by atoms with Crippen LogP contribution in [0.1, 0.15) is 62.1 Å². The van der Waals surface area contributed by atoms with E-state index in [0.717, 1.165) is 41.8 Å². The number of hydrogen-bond donors (Lipinski definition) is 1. The average molecular weight is 318 g/mol. The summed E-state index contributed by atoms with van der Waals surface area (Å²) in [6.45, 7) is 8.17. The fourth-order valence-corrected chi connectivity index (χ4v) is 3.30. The molecule has 0 fully saturated rings. The van der Waals surface area contributed by atoms with Crippen molar-refractivity contribution in [3.63, 3.8) is 0 Å². The Morgan fingerprint density at radius 3 is 2.74 bits per heavy atom. The van der Waals surface area contributed by atoms with Crippen LogP contribution in [0.3, 0.4) is 0 Å². The van der Waals surface area contributed by atoms with Crippen molar-refractivity contribution in [2.45, 2.75) is 58.7 Å². The molecule has 0 saturated heterocycles. The van der Waals surface area contributed by atoms with Gasteiger partial charge in [-0.05, 0) is 19.3 Å². The number of aromatic nitrogens is 5. The van der Waals surface area contributed by atoms with Crippen molar-refractivity contribution in [2.75, 3.05) is 7.11 Å². The topological polar surface area (TPSA) is 69.8 Å². The molecule has 0 saturated carbocycles. The molecule has 2 aromatic rings. The molecule has 0 spiro atoms. The minimum absolute atomic E-state index is 0.138. The van der Waals surface area contributed by atoms with Crippen molar-refractivity contribution in [1.29, 1.82) is 0 Å². The van der Waals surface area contributed by atoms with Crippen LogP contribution in [0.25, 0.3) is 0 Å². The van der Waals surface area contributed by atoms with Gasteiger partial charge in [-0.1, -0.05) is 13.8 Å². The van der Waals surface area contributed by atoms with Crippen LogP contribution in [0.2, 0.25) is 0 Å². The van der Waals surface area contributed by atoms with E-state index in [9.17, 15) is 0 Å². The highest BCUT2D eigenvalue weighted by Crippen LogP contribution is 2.28. The molecule has 3 rings (SSSR count). The lowest BCUT2D eigenvalue weighted by Gasteiger charge is -2.15. The molecule has 0 radical (unpaired) electrons. The maximum Gasteiger partial charge on any atom is 0.216 e. The van der Waals surface area contributed by atoms with Gasteiger partial charge in [-0.15, -0.1) is 10.2 Å². The normalized spacial score (nSPS) is 15.2. The predicted molar refractivity (Wildman–Crippen MR) is 87.4 cm³/mol. The van der Waals surface area contributed by atoms with E-state index < -0.39 is 0 Å². The van der Waals surface area contributed by atoms with E-state index in [4.69, 9.17) is 4.74 Å². The molecule has 1 aliphatic rings. The molecular weight excluding hydrogens is 292 g/mol. The zero-order chi connectivity index (χ0) is 16.6. The summed E-state index contributed by atoms with van der Waals surface area (Å²) in [6.07, 6.45) is 2.20. The molecule has 126 valence electrons. The van der Waals surface area contributed by atoms with E-state index in [1.165, 1.54) is 6.42 Å². The molecule has 3 heterocycles. The third-order valence-electron chi connectivity index (χ3n) is 4.47. The Bertz CT molecular complexity index is 687. The second kappa shape index (κ2) is 6.31. The molecule has 0 amide bonds. The summed E-state index contributed by atoms with van der Waals surface area (Å²) >= 11 is 0. The molecule has 0 aliphatic carbocycles. The van der Waals surface area contributed by atoms with E-state index >= 15 is 0 Å². The Hall–Kier alpha value is -1.89. The summed E-state index contributed by atoms with van der Waals surface area (Å²) in [5, 5.41) is 16.8. The van der Waals surface area contributed by atoms with Crippen molar-refractivity contribution >= 4 is 0 Å². The second-order valence-corrected chi connectivity index (χ2v) is 6.48. The maximum absolute atomic E-state index is 5.53. The minimum atomic E-state index is 0.138. The van der Waals surface area contributed by atoms with Crippen molar-refractivity contribution in [2.24, 2.45) is 7.05 Å². The zero-order valence-electron chi connectivity index (χ0n) is 14.6. The van der Waals surface area contributed by atoms with E-state index in [1.807, 2.05) is 11.7 Å². The number of ether oxygens (including phenoxy) is 1. The standard InChI is InChI=1S/C16H26N6O/c1-10(2)14-12(16(23-5)21(4)20-14)9-17-11(3)15-19-18-13-7-6-8-22(13)15/h10-11,17H,6-9H2,1-5H3/t11-/m1/s1. The highest BCUT2D eigenvalue weighted by atomic mass is 16.5. The monoisotopic (exact) mass is 318 g/mol. The number of nitrogens with zero attached hydrogens (tertiary/aromatic N) is 5. The van der Waals surface area contributed by atoms with Gasteiger partial charge in [0.2, 0.25) is 5.88 Å². The van der Waals surface area contributed by atoms with Gasteiger partial charge in [0, 0.05) is 26.6 Å². The molecule has 7 heteroatoms. The number of rotatable bonds is 6. The fraction of sp³-hybridized carbons (Fsp3) is 0.688.